The van der Waals surface area contributed by atoms with Gasteiger partial charge in [0.25, 0.3) is 0 Å². The van der Waals surface area contributed by atoms with Gasteiger partial charge in [0.2, 0.25) is 5.78 Å². The van der Waals surface area contributed by atoms with E-state index in [1.165, 1.54) is 16.9 Å². The fourth-order valence-corrected chi connectivity index (χ4v) is 4.11. The van der Waals surface area contributed by atoms with E-state index in [2.05, 4.69) is 23.3 Å². The molecule has 0 atom stereocenters. The minimum absolute atomic E-state index is 0.0631. The lowest BCUT2D eigenvalue weighted by Gasteiger charge is -2.09. The van der Waals surface area contributed by atoms with Crippen LogP contribution in [0.3, 0.4) is 0 Å². The molecule has 0 amide bonds. The smallest absolute Gasteiger partial charge is 0.207 e. The number of nitrogens with zero attached hydrogens (tertiary/aromatic N) is 1. The van der Waals surface area contributed by atoms with Gasteiger partial charge < -0.3 is 11.1 Å². The summed E-state index contributed by atoms with van der Waals surface area (Å²) >= 11 is 1.30. The lowest BCUT2D eigenvalue weighted by Crippen LogP contribution is -2.07. The van der Waals surface area contributed by atoms with Gasteiger partial charge in [0.05, 0.1) is 0 Å². The third-order valence-electron chi connectivity index (χ3n) is 4.40. The minimum atomic E-state index is -0.0631. The summed E-state index contributed by atoms with van der Waals surface area (Å²) < 4.78 is 0. The molecule has 0 aliphatic heterocycles. The number of hydrogen-bond acceptors (Lipinski definition) is 5. The van der Waals surface area contributed by atoms with E-state index in [1.54, 1.807) is 0 Å². The third-order valence-corrected chi connectivity index (χ3v) is 5.39. The van der Waals surface area contributed by atoms with E-state index in [4.69, 9.17) is 5.73 Å². The van der Waals surface area contributed by atoms with Crippen molar-refractivity contribution in [3.63, 3.8) is 0 Å². The molecular formula is C21H23N3OS. The van der Waals surface area contributed by atoms with Crippen molar-refractivity contribution in [2.75, 3.05) is 11.1 Å². The summed E-state index contributed by atoms with van der Waals surface area (Å²) in [4.78, 5) is 17.9. The number of rotatable bonds is 5. The fourth-order valence-electron chi connectivity index (χ4n) is 3.27. The highest BCUT2D eigenvalue weighted by Crippen LogP contribution is 2.32. The fraction of sp³-hybridized carbons (Fsp3) is 0.238. The van der Waals surface area contributed by atoms with Gasteiger partial charge in [0.1, 0.15) is 10.7 Å². The van der Waals surface area contributed by atoms with Crippen LogP contribution >= 0.6 is 11.3 Å². The maximum Gasteiger partial charge on any atom is 0.207 e. The molecule has 0 saturated carbocycles. The van der Waals surface area contributed by atoms with Gasteiger partial charge in [-0.25, -0.2) is 4.98 Å². The van der Waals surface area contributed by atoms with Gasteiger partial charge in [-0.2, -0.15) is 0 Å². The number of aromatic nitrogens is 1. The molecule has 0 radical (unpaired) electrons. The largest absolute Gasteiger partial charge is 0.382 e. The number of thiazole rings is 1. The number of ketones is 1. The predicted octanol–water partition coefficient (Wildman–Crippen LogP) is 5.19. The highest BCUT2D eigenvalue weighted by Gasteiger charge is 2.21. The average Bonchev–Trinajstić information content (AvgIpc) is 2.94. The van der Waals surface area contributed by atoms with Crippen LogP contribution in [0.5, 0.6) is 0 Å². The lowest BCUT2D eigenvalue weighted by molar-refractivity contribution is 0.104. The van der Waals surface area contributed by atoms with Crippen LogP contribution in [-0.2, 0) is 6.42 Å². The molecule has 0 saturated heterocycles. The molecule has 1 aromatic heterocycles. The van der Waals surface area contributed by atoms with Crippen LogP contribution < -0.4 is 11.1 Å². The number of para-hydroxylation sites is 1. The number of anilines is 3. The molecule has 0 aliphatic rings. The van der Waals surface area contributed by atoms with E-state index in [0.29, 0.717) is 15.6 Å². The second-order valence-corrected chi connectivity index (χ2v) is 7.47. The molecule has 3 rings (SSSR count). The van der Waals surface area contributed by atoms with E-state index in [-0.39, 0.29) is 11.6 Å². The SMILES string of the molecule is CCc1ccccc1Nc1nc(N)c(C(=O)c2c(C)cc(C)cc2C)s1. The molecule has 0 bridgehead atoms. The number of hydrogen-bond donors (Lipinski definition) is 2. The minimum Gasteiger partial charge on any atom is -0.382 e. The van der Waals surface area contributed by atoms with Crippen molar-refractivity contribution in [3.05, 3.63) is 69.1 Å². The van der Waals surface area contributed by atoms with Gasteiger partial charge in [0, 0.05) is 11.3 Å². The molecule has 4 nitrogen and oxygen atoms in total. The van der Waals surface area contributed by atoms with E-state index >= 15 is 0 Å². The third kappa shape index (κ3) is 3.48. The standard InChI is InChI=1S/C21H23N3OS/c1-5-15-8-6-7-9-16(15)23-21-24-20(22)19(26-21)18(25)17-13(3)10-12(2)11-14(17)4/h6-11H,5,22H2,1-4H3,(H,23,24). The Kier molecular flexibility index (Phi) is 5.09. The first kappa shape index (κ1) is 18.1. The summed E-state index contributed by atoms with van der Waals surface area (Å²) in [6, 6.07) is 12.1. The first-order valence-corrected chi connectivity index (χ1v) is 9.46. The number of nitrogen functional groups attached to an aromatic ring is 1. The van der Waals surface area contributed by atoms with Gasteiger partial charge in [-0.15, -0.1) is 0 Å². The van der Waals surface area contributed by atoms with Gasteiger partial charge >= 0.3 is 0 Å². The van der Waals surface area contributed by atoms with Crippen molar-refractivity contribution < 1.29 is 4.79 Å². The Balaban J connectivity index is 1.95. The van der Waals surface area contributed by atoms with E-state index in [0.717, 1.165) is 28.8 Å². The number of carbonyl (C=O) groups excluding carboxylic acids is 1. The first-order chi connectivity index (χ1) is 12.4. The molecular weight excluding hydrogens is 342 g/mol. The number of aryl methyl sites for hydroxylation is 4. The lowest BCUT2D eigenvalue weighted by atomic mass is 9.96. The number of carbonyl (C=O) groups is 1. The zero-order valence-corrected chi connectivity index (χ0v) is 16.3. The highest BCUT2D eigenvalue weighted by atomic mass is 32.1. The molecule has 0 spiro atoms. The van der Waals surface area contributed by atoms with Crippen LogP contribution in [0.2, 0.25) is 0 Å². The van der Waals surface area contributed by atoms with E-state index in [9.17, 15) is 4.79 Å². The van der Waals surface area contributed by atoms with Crippen LogP contribution in [0.1, 0.15) is 44.4 Å². The monoisotopic (exact) mass is 365 g/mol. The van der Waals surface area contributed by atoms with Crippen molar-refractivity contribution in [2.45, 2.75) is 34.1 Å². The average molecular weight is 366 g/mol. The Hall–Kier alpha value is -2.66. The van der Waals surface area contributed by atoms with Crippen molar-refractivity contribution in [3.8, 4) is 0 Å². The highest BCUT2D eigenvalue weighted by molar-refractivity contribution is 7.18. The Morgan fingerprint density at radius 1 is 1.15 bits per heavy atom. The quantitative estimate of drug-likeness (QED) is 0.611. The van der Waals surface area contributed by atoms with Crippen LogP contribution in [0.4, 0.5) is 16.6 Å². The van der Waals surface area contributed by atoms with Gasteiger partial charge in [-0.05, 0) is 49.9 Å². The van der Waals surface area contributed by atoms with Gasteiger partial charge in [0.15, 0.2) is 5.13 Å². The molecule has 3 aromatic rings. The zero-order valence-electron chi connectivity index (χ0n) is 15.5. The van der Waals surface area contributed by atoms with Crippen LogP contribution in [0, 0.1) is 20.8 Å². The maximum atomic E-state index is 13.1. The summed E-state index contributed by atoms with van der Waals surface area (Å²) in [5.74, 6) is 0.211. The molecule has 134 valence electrons. The molecule has 0 fully saturated rings. The summed E-state index contributed by atoms with van der Waals surface area (Å²) in [7, 11) is 0. The van der Waals surface area contributed by atoms with Crippen molar-refractivity contribution >= 4 is 33.8 Å². The summed E-state index contributed by atoms with van der Waals surface area (Å²) in [5.41, 5.74) is 12.0. The maximum absolute atomic E-state index is 13.1. The number of nitrogens with one attached hydrogen (secondary N) is 1. The molecule has 26 heavy (non-hydrogen) atoms. The van der Waals surface area contributed by atoms with E-state index in [1.807, 2.05) is 51.1 Å². The molecule has 0 unspecified atom stereocenters. The molecule has 5 heteroatoms. The van der Waals surface area contributed by atoms with Gasteiger partial charge in [-0.3, -0.25) is 4.79 Å². The summed E-state index contributed by atoms with van der Waals surface area (Å²) in [6.45, 7) is 8.05. The molecule has 2 aromatic carbocycles. The Morgan fingerprint density at radius 2 is 1.81 bits per heavy atom. The normalized spacial score (nSPS) is 10.8. The van der Waals surface area contributed by atoms with Crippen molar-refractivity contribution in [2.24, 2.45) is 0 Å². The van der Waals surface area contributed by atoms with Crippen LogP contribution in [0.25, 0.3) is 0 Å². The summed E-state index contributed by atoms with van der Waals surface area (Å²) in [6.07, 6.45) is 0.914. The molecule has 0 aliphatic carbocycles. The van der Waals surface area contributed by atoms with Crippen molar-refractivity contribution in [1.29, 1.82) is 0 Å². The number of benzene rings is 2. The number of nitrogens with two attached hydrogens (primary N) is 1. The van der Waals surface area contributed by atoms with Crippen molar-refractivity contribution in [1.82, 2.24) is 4.98 Å². The Morgan fingerprint density at radius 3 is 2.46 bits per heavy atom. The second-order valence-electron chi connectivity index (χ2n) is 6.47. The van der Waals surface area contributed by atoms with Gasteiger partial charge in [-0.1, -0.05) is 54.2 Å². The Labute approximate surface area is 158 Å². The van der Waals surface area contributed by atoms with Crippen LogP contribution in [0.15, 0.2) is 36.4 Å². The first-order valence-electron chi connectivity index (χ1n) is 8.64. The topological polar surface area (TPSA) is 68.0 Å². The zero-order chi connectivity index (χ0) is 18.8. The molecule has 1 heterocycles. The predicted molar refractivity (Wildman–Crippen MR) is 110 cm³/mol. The molecule has 3 N–H and O–H groups in total. The summed E-state index contributed by atoms with van der Waals surface area (Å²) in [5, 5.41) is 3.94. The Bertz CT molecular complexity index is 952. The van der Waals surface area contributed by atoms with Crippen LogP contribution in [-0.4, -0.2) is 10.8 Å². The second kappa shape index (κ2) is 7.30. The van der Waals surface area contributed by atoms with E-state index < -0.39 is 0 Å².